The third-order valence-corrected chi connectivity index (χ3v) is 3.30. The molecular formula is C13H27NO2. The number of hydrogen-bond donors (Lipinski definition) is 2. The van der Waals surface area contributed by atoms with E-state index in [4.69, 9.17) is 4.74 Å². The summed E-state index contributed by atoms with van der Waals surface area (Å²) in [7, 11) is 0. The monoisotopic (exact) mass is 229 g/mol. The van der Waals surface area contributed by atoms with Crippen LogP contribution in [0, 0.1) is 0 Å². The Balaban J connectivity index is 2.42. The first-order valence-corrected chi connectivity index (χ1v) is 6.38. The Bertz CT molecular complexity index is 226. The largest absolute Gasteiger partial charge is 0.392 e. The van der Waals surface area contributed by atoms with Gasteiger partial charge in [-0.05, 0) is 40.5 Å². The van der Waals surface area contributed by atoms with Gasteiger partial charge in [0.05, 0.1) is 17.3 Å². The second-order valence-electron chi connectivity index (χ2n) is 6.07. The second-order valence-corrected chi connectivity index (χ2v) is 6.07. The van der Waals surface area contributed by atoms with Crippen molar-refractivity contribution in [3.05, 3.63) is 0 Å². The highest BCUT2D eigenvalue weighted by atomic mass is 16.5. The van der Waals surface area contributed by atoms with E-state index in [0.29, 0.717) is 12.6 Å². The smallest absolute Gasteiger partial charge is 0.0787 e. The lowest BCUT2D eigenvalue weighted by Crippen LogP contribution is -2.46. The van der Waals surface area contributed by atoms with Crippen LogP contribution in [0.15, 0.2) is 0 Å². The molecular weight excluding hydrogens is 202 g/mol. The van der Waals surface area contributed by atoms with Crippen LogP contribution in [-0.4, -0.2) is 35.0 Å². The van der Waals surface area contributed by atoms with Crippen molar-refractivity contribution in [2.45, 2.75) is 77.2 Å². The molecule has 0 aliphatic carbocycles. The van der Waals surface area contributed by atoms with Crippen LogP contribution in [-0.2, 0) is 4.74 Å². The molecule has 2 N–H and O–H groups in total. The normalized spacial score (nSPS) is 29.2. The van der Waals surface area contributed by atoms with Crippen LogP contribution in [0.3, 0.4) is 0 Å². The Morgan fingerprint density at radius 2 is 2.00 bits per heavy atom. The lowest BCUT2D eigenvalue weighted by molar-refractivity contribution is -0.0702. The third-order valence-electron chi connectivity index (χ3n) is 3.30. The Labute approximate surface area is 99.6 Å². The first-order valence-electron chi connectivity index (χ1n) is 6.38. The molecule has 2 atom stereocenters. The fourth-order valence-corrected chi connectivity index (χ4v) is 2.59. The molecule has 3 nitrogen and oxygen atoms in total. The molecule has 1 rings (SSSR count). The number of hydrogen-bond acceptors (Lipinski definition) is 3. The predicted octanol–water partition coefficient (Wildman–Crippen LogP) is 2.08. The molecule has 0 bridgehead atoms. The summed E-state index contributed by atoms with van der Waals surface area (Å²) >= 11 is 0. The minimum absolute atomic E-state index is 0.0587. The topological polar surface area (TPSA) is 41.5 Å². The van der Waals surface area contributed by atoms with Crippen LogP contribution in [0.1, 0.15) is 53.9 Å². The van der Waals surface area contributed by atoms with E-state index in [1.807, 2.05) is 0 Å². The van der Waals surface area contributed by atoms with Crippen LogP contribution in [0.2, 0.25) is 0 Å². The molecule has 1 fully saturated rings. The molecule has 0 aromatic rings. The van der Waals surface area contributed by atoms with E-state index in [0.717, 1.165) is 19.3 Å². The van der Waals surface area contributed by atoms with Crippen LogP contribution in [0.4, 0.5) is 0 Å². The maximum atomic E-state index is 9.71. The first kappa shape index (κ1) is 13.9. The molecule has 0 aromatic carbocycles. The molecule has 3 heteroatoms. The van der Waals surface area contributed by atoms with Gasteiger partial charge in [0.1, 0.15) is 0 Å². The van der Waals surface area contributed by atoms with Crippen molar-refractivity contribution in [2.75, 3.05) is 6.54 Å². The van der Waals surface area contributed by atoms with Crippen molar-refractivity contribution in [1.82, 2.24) is 5.32 Å². The van der Waals surface area contributed by atoms with Gasteiger partial charge in [-0.25, -0.2) is 0 Å². The van der Waals surface area contributed by atoms with Gasteiger partial charge in [-0.15, -0.1) is 0 Å². The predicted molar refractivity (Wildman–Crippen MR) is 66.6 cm³/mol. The standard InChI is InChI=1S/C13H27NO2/c1-6-7-10(15)9-14-11-8-12(2,3)16-13(11,4)5/h10-11,14-15H,6-9H2,1-5H3. The van der Waals surface area contributed by atoms with Gasteiger partial charge in [-0.3, -0.25) is 0 Å². The second kappa shape index (κ2) is 5.03. The highest BCUT2D eigenvalue weighted by Crippen LogP contribution is 2.37. The van der Waals surface area contributed by atoms with Gasteiger partial charge in [-0.1, -0.05) is 13.3 Å². The minimum Gasteiger partial charge on any atom is -0.392 e. The maximum Gasteiger partial charge on any atom is 0.0787 e. The van der Waals surface area contributed by atoms with E-state index in [1.165, 1.54) is 0 Å². The van der Waals surface area contributed by atoms with Gasteiger partial charge >= 0.3 is 0 Å². The van der Waals surface area contributed by atoms with E-state index in [9.17, 15) is 5.11 Å². The quantitative estimate of drug-likeness (QED) is 0.758. The van der Waals surface area contributed by atoms with E-state index in [-0.39, 0.29) is 17.3 Å². The highest BCUT2D eigenvalue weighted by Gasteiger charge is 2.45. The van der Waals surface area contributed by atoms with Gasteiger partial charge in [0, 0.05) is 12.6 Å². The number of aliphatic hydroxyl groups is 1. The fourth-order valence-electron chi connectivity index (χ4n) is 2.59. The Hall–Kier alpha value is -0.120. The summed E-state index contributed by atoms with van der Waals surface area (Å²) in [4.78, 5) is 0. The molecule has 16 heavy (non-hydrogen) atoms. The summed E-state index contributed by atoms with van der Waals surface area (Å²) in [5.74, 6) is 0. The molecule has 0 radical (unpaired) electrons. The lowest BCUT2D eigenvalue weighted by atomic mass is 9.94. The molecule has 2 unspecified atom stereocenters. The van der Waals surface area contributed by atoms with Gasteiger partial charge in [-0.2, -0.15) is 0 Å². The highest BCUT2D eigenvalue weighted by molar-refractivity contribution is 4.98. The average Bonchev–Trinajstić information content (AvgIpc) is 2.31. The molecule has 96 valence electrons. The minimum atomic E-state index is -0.232. The van der Waals surface area contributed by atoms with Gasteiger partial charge in [0.2, 0.25) is 0 Å². The zero-order valence-electron chi connectivity index (χ0n) is 11.3. The number of ether oxygens (including phenoxy) is 1. The van der Waals surface area contributed by atoms with E-state index in [2.05, 4.69) is 39.9 Å². The van der Waals surface area contributed by atoms with Crippen molar-refractivity contribution in [3.8, 4) is 0 Å². The van der Waals surface area contributed by atoms with Crippen LogP contribution in [0.5, 0.6) is 0 Å². The SMILES string of the molecule is CCCC(O)CNC1CC(C)(C)OC1(C)C. The van der Waals surface area contributed by atoms with Gasteiger partial charge in [0.25, 0.3) is 0 Å². The van der Waals surface area contributed by atoms with Crippen molar-refractivity contribution in [3.63, 3.8) is 0 Å². The molecule has 1 saturated heterocycles. The maximum absolute atomic E-state index is 9.71. The van der Waals surface area contributed by atoms with Crippen LogP contribution < -0.4 is 5.32 Å². The zero-order chi connectivity index (χ0) is 12.4. The third kappa shape index (κ3) is 3.72. The Kier molecular flexibility index (Phi) is 4.38. The van der Waals surface area contributed by atoms with E-state index >= 15 is 0 Å². The summed E-state index contributed by atoms with van der Waals surface area (Å²) in [5, 5.41) is 13.1. The summed E-state index contributed by atoms with van der Waals surface area (Å²) in [6.07, 6.45) is 2.66. The van der Waals surface area contributed by atoms with E-state index < -0.39 is 0 Å². The lowest BCUT2D eigenvalue weighted by Gasteiger charge is -2.28. The summed E-state index contributed by atoms with van der Waals surface area (Å²) in [6, 6.07) is 0.328. The van der Waals surface area contributed by atoms with Crippen molar-refractivity contribution in [2.24, 2.45) is 0 Å². The van der Waals surface area contributed by atoms with E-state index in [1.54, 1.807) is 0 Å². The van der Waals surface area contributed by atoms with Crippen LogP contribution in [0.25, 0.3) is 0 Å². The average molecular weight is 229 g/mol. The van der Waals surface area contributed by atoms with Gasteiger partial charge in [0.15, 0.2) is 0 Å². The summed E-state index contributed by atoms with van der Waals surface area (Å²) in [6.45, 7) is 11.2. The van der Waals surface area contributed by atoms with Crippen LogP contribution >= 0.6 is 0 Å². The fraction of sp³-hybridized carbons (Fsp3) is 1.00. The Morgan fingerprint density at radius 1 is 1.38 bits per heavy atom. The van der Waals surface area contributed by atoms with Crippen molar-refractivity contribution < 1.29 is 9.84 Å². The number of nitrogens with one attached hydrogen (secondary N) is 1. The number of aliphatic hydroxyl groups excluding tert-OH is 1. The molecule has 1 aliphatic rings. The molecule has 0 aromatic heterocycles. The number of rotatable bonds is 5. The van der Waals surface area contributed by atoms with Gasteiger partial charge < -0.3 is 15.2 Å². The summed E-state index contributed by atoms with van der Waals surface area (Å²) in [5.41, 5.74) is -0.202. The zero-order valence-corrected chi connectivity index (χ0v) is 11.3. The molecule has 1 heterocycles. The first-order chi connectivity index (χ1) is 7.27. The molecule has 1 aliphatic heterocycles. The summed E-state index contributed by atoms with van der Waals surface area (Å²) < 4.78 is 6.00. The van der Waals surface area contributed by atoms with Crippen molar-refractivity contribution >= 4 is 0 Å². The molecule has 0 spiro atoms. The molecule has 0 amide bonds. The Morgan fingerprint density at radius 3 is 2.44 bits per heavy atom. The van der Waals surface area contributed by atoms with Crippen molar-refractivity contribution in [1.29, 1.82) is 0 Å². The molecule has 0 saturated carbocycles.